The first-order chi connectivity index (χ1) is 6.68. The van der Waals surface area contributed by atoms with E-state index < -0.39 is 0 Å². The van der Waals surface area contributed by atoms with Crippen LogP contribution in [0, 0.1) is 20.8 Å². The third kappa shape index (κ3) is 3.90. The van der Waals surface area contributed by atoms with Crippen molar-refractivity contribution in [3.63, 3.8) is 0 Å². The highest BCUT2D eigenvalue weighted by molar-refractivity contribution is 5.27. The summed E-state index contributed by atoms with van der Waals surface area (Å²) in [7, 11) is 0. The van der Waals surface area contributed by atoms with Crippen molar-refractivity contribution in [3.05, 3.63) is 53.6 Å². The molecule has 14 heavy (non-hydrogen) atoms. The van der Waals surface area contributed by atoms with Crippen molar-refractivity contribution in [3.8, 4) is 0 Å². The van der Waals surface area contributed by atoms with Gasteiger partial charge in [0, 0.05) is 12.4 Å². The third-order valence-corrected chi connectivity index (χ3v) is 1.77. The molecule has 1 aromatic carbocycles. The van der Waals surface area contributed by atoms with Crippen molar-refractivity contribution in [2.45, 2.75) is 20.8 Å². The van der Waals surface area contributed by atoms with Gasteiger partial charge in [-0.3, -0.25) is 0 Å². The van der Waals surface area contributed by atoms with E-state index in [0.717, 1.165) is 0 Å². The maximum absolute atomic E-state index is 3.67. The molecule has 0 unspecified atom stereocenters. The molecule has 0 aliphatic rings. The Balaban J connectivity index is 0.000000165. The van der Waals surface area contributed by atoms with Crippen molar-refractivity contribution in [1.82, 2.24) is 9.97 Å². The van der Waals surface area contributed by atoms with E-state index in [1.807, 2.05) is 0 Å². The van der Waals surface area contributed by atoms with Crippen LogP contribution < -0.4 is 0 Å². The van der Waals surface area contributed by atoms with Gasteiger partial charge in [-0.1, -0.05) is 34.9 Å². The first-order valence-corrected chi connectivity index (χ1v) is 4.66. The minimum Gasteiger partial charge on any atom is -0.351 e. The molecule has 0 radical (unpaired) electrons. The second-order valence-electron chi connectivity index (χ2n) is 3.43. The Hall–Kier alpha value is -1.57. The van der Waals surface area contributed by atoms with Gasteiger partial charge in [0.25, 0.3) is 0 Å². The van der Waals surface area contributed by atoms with Gasteiger partial charge in [0.2, 0.25) is 0 Å². The van der Waals surface area contributed by atoms with E-state index in [0.29, 0.717) is 0 Å². The molecular formula is C12H16N2. The molecule has 2 aromatic rings. The van der Waals surface area contributed by atoms with Crippen molar-refractivity contribution < 1.29 is 0 Å². The fraction of sp³-hybridized carbons (Fsp3) is 0.250. The molecule has 2 nitrogen and oxygen atoms in total. The number of H-pyrrole nitrogens is 1. The van der Waals surface area contributed by atoms with Crippen LogP contribution in [0.25, 0.3) is 0 Å². The van der Waals surface area contributed by atoms with Crippen LogP contribution in [0.2, 0.25) is 0 Å². The molecule has 0 spiro atoms. The van der Waals surface area contributed by atoms with E-state index >= 15 is 0 Å². The Morgan fingerprint density at radius 2 is 1.43 bits per heavy atom. The first-order valence-electron chi connectivity index (χ1n) is 4.66. The topological polar surface area (TPSA) is 28.7 Å². The minimum absolute atomic E-state index is 1.35. The number of hydrogen-bond donors (Lipinski definition) is 1. The molecule has 1 N–H and O–H groups in total. The average molecular weight is 188 g/mol. The van der Waals surface area contributed by atoms with Gasteiger partial charge >= 0.3 is 0 Å². The van der Waals surface area contributed by atoms with E-state index in [4.69, 9.17) is 0 Å². The van der Waals surface area contributed by atoms with Gasteiger partial charge in [-0.05, 0) is 20.8 Å². The summed E-state index contributed by atoms with van der Waals surface area (Å²) >= 11 is 0. The maximum Gasteiger partial charge on any atom is 0.0919 e. The molecule has 1 heterocycles. The minimum atomic E-state index is 1.35. The summed E-state index contributed by atoms with van der Waals surface area (Å²) < 4.78 is 0. The quantitative estimate of drug-likeness (QED) is 0.676. The highest BCUT2D eigenvalue weighted by atomic mass is 14.8. The van der Waals surface area contributed by atoms with E-state index in [-0.39, 0.29) is 0 Å². The Bertz CT molecular complexity index is 296. The lowest BCUT2D eigenvalue weighted by Gasteiger charge is -1.96. The molecule has 0 amide bonds. The lowest BCUT2D eigenvalue weighted by atomic mass is 10.1. The second kappa shape index (κ2) is 5.22. The Labute approximate surface area is 85.0 Å². The van der Waals surface area contributed by atoms with E-state index in [9.17, 15) is 0 Å². The first kappa shape index (κ1) is 10.5. The van der Waals surface area contributed by atoms with Gasteiger partial charge in [-0.2, -0.15) is 0 Å². The molecular weight excluding hydrogens is 172 g/mol. The van der Waals surface area contributed by atoms with E-state index in [1.165, 1.54) is 16.7 Å². The average Bonchev–Trinajstić information content (AvgIpc) is 2.56. The van der Waals surface area contributed by atoms with Crippen molar-refractivity contribution in [2.75, 3.05) is 0 Å². The summed E-state index contributed by atoms with van der Waals surface area (Å²) in [5.41, 5.74) is 4.06. The van der Waals surface area contributed by atoms with Gasteiger partial charge < -0.3 is 4.98 Å². The molecule has 2 heteroatoms. The summed E-state index contributed by atoms with van der Waals surface area (Å²) in [6.45, 7) is 6.38. The summed E-state index contributed by atoms with van der Waals surface area (Å²) in [6, 6.07) is 6.56. The Morgan fingerprint density at radius 3 is 1.64 bits per heavy atom. The smallest absolute Gasteiger partial charge is 0.0919 e. The molecule has 1 aromatic heterocycles. The van der Waals surface area contributed by atoms with Crippen molar-refractivity contribution >= 4 is 0 Å². The number of aryl methyl sites for hydroxylation is 3. The molecule has 0 fully saturated rings. The second-order valence-corrected chi connectivity index (χ2v) is 3.43. The number of aromatic nitrogens is 2. The molecule has 74 valence electrons. The fourth-order valence-corrected chi connectivity index (χ4v) is 1.42. The predicted octanol–water partition coefficient (Wildman–Crippen LogP) is 3.02. The number of hydrogen-bond acceptors (Lipinski definition) is 1. The van der Waals surface area contributed by atoms with Gasteiger partial charge in [0.15, 0.2) is 0 Å². The van der Waals surface area contributed by atoms with Crippen LogP contribution in [-0.2, 0) is 0 Å². The largest absolute Gasteiger partial charge is 0.351 e. The Morgan fingerprint density at radius 1 is 0.929 bits per heavy atom. The summed E-state index contributed by atoms with van der Waals surface area (Å²) in [4.78, 5) is 6.42. The Kier molecular flexibility index (Phi) is 3.92. The molecule has 0 saturated heterocycles. The van der Waals surface area contributed by atoms with Crippen LogP contribution in [0.4, 0.5) is 0 Å². The highest BCUT2D eigenvalue weighted by Gasteiger charge is 1.87. The molecule has 0 aliphatic carbocycles. The summed E-state index contributed by atoms with van der Waals surface area (Å²) in [5, 5.41) is 0. The van der Waals surface area contributed by atoms with Crippen LogP contribution in [0.3, 0.4) is 0 Å². The predicted molar refractivity (Wildman–Crippen MR) is 59.2 cm³/mol. The molecule has 0 bridgehead atoms. The van der Waals surface area contributed by atoms with E-state index in [1.54, 1.807) is 18.7 Å². The monoisotopic (exact) mass is 188 g/mol. The zero-order chi connectivity index (χ0) is 10.4. The summed E-state index contributed by atoms with van der Waals surface area (Å²) in [5.74, 6) is 0. The van der Waals surface area contributed by atoms with Crippen LogP contribution in [0.15, 0.2) is 36.9 Å². The highest BCUT2D eigenvalue weighted by Crippen LogP contribution is 2.06. The van der Waals surface area contributed by atoms with Gasteiger partial charge in [-0.25, -0.2) is 4.98 Å². The molecule has 2 rings (SSSR count). The van der Waals surface area contributed by atoms with Gasteiger partial charge in [0.05, 0.1) is 6.33 Å². The van der Waals surface area contributed by atoms with Crippen LogP contribution in [0.5, 0.6) is 0 Å². The third-order valence-electron chi connectivity index (χ3n) is 1.77. The normalized spacial score (nSPS) is 9.07. The molecule has 0 aliphatic heterocycles. The molecule has 0 atom stereocenters. The van der Waals surface area contributed by atoms with Crippen LogP contribution in [0.1, 0.15) is 16.7 Å². The molecule has 0 saturated carbocycles. The van der Waals surface area contributed by atoms with Crippen molar-refractivity contribution in [1.29, 1.82) is 0 Å². The maximum atomic E-state index is 3.67. The summed E-state index contributed by atoms with van der Waals surface area (Å²) in [6.07, 6.45) is 5.08. The number of benzene rings is 1. The van der Waals surface area contributed by atoms with Crippen molar-refractivity contribution in [2.24, 2.45) is 0 Å². The lowest BCUT2D eigenvalue weighted by molar-refractivity contribution is 1.31. The van der Waals surface area contributed by atoms with Gasteiger partial charge in [0.1, 0.15) is 0 Å². The van der Waals surface area contributed by atoms with Crippen LogP contribution in [-0.4, -0.2) is 9.97 Å². The SMILES string of the molecule is Cc1cc(C)cc(C)c1.c1c[nH]cn1. The van der Waals surface area contributed by atoms with Crippen LogP contribution >= 0.6 is 0 Å². The number of nitrogens with one attached hydrogen (secondary N) is 1. The zero-order valence-electron chi connectivity index (χ0n) is 8.91. The van der Waals surface area contributed by atoms with E-state index in [2.05, 4.69) is 48.9 Å². The number of aromatic amines is 1. The number of nitrogens with zero attached hydrogens (tertiary/aromatic N) is 1. The van der Waals surface area contributed by atoms with Gasteiger partial charge in [-0.15, -0.1) is 0 Å². The standard InChI is InChI=1S/C9H12.C3H4N2/c1-7-4-8(2)6-9(3)5-7;1-2-5-3-4-1/h4-6H,1-3H3;1-3H,(H,4,5). The zero-order valence-corrected chi connectivity index (χ0v) is 8.91. The lowest BCUT2D eigenvalue weighted by Crippen LogP contribution is -1.78. The number of imidazole rings is 1. The fourth-order valence-electron chi connectivity index (χ4n) is 1.42. The number of rotatable bonds is 0.